The molecule has 7 nitrogen and oxygen atoms in total. The Labute approximate surface area is 208 Å². The predicted octanol–water partition coefficient (Wildman–Crippen LogP) is 6.13. The molecule has 0 aliphatic carbocycles. The number of para-hydroxylation sites is 2. The highest BCUT2D eigenvalue weighted by Gasteiger charge is 2.29. The molecule has 8 heteroatoms. The topological polar surface area (TPSA) is 78.4 Å². The molecule has 1 aromatic heterocycles. The molecule has 0 fully saturated rings. The second-order valence-electron chi connectivity index (χ2n) is 7.94. The SMILES string of the molecule is CCCSc1nnc2c(n1)OC(c1cccc(OC)c1OCc1ccccc1)Nc1ccccc1-2. The number of benzene rings is 3. The zero-order chi connectivity index (χ0) is 24.0. The number of methoxy groups -OCH3 is 1. The molecule has 1 atom stereocenters. The maximum absolute atomic E-state index is 6.46. The van der Waals surface area contributed by atoms with E-state index in [1.165, 1.54) is 0 Å². The van der Waals surface area contributed by atoms with Gasteiger partial charge in [-0.1, -0.05) is 73.3 Å². The van der Waals surface area contributed by atoms with Crippen LogP contribution >= 0.6 is 11.8 Å². The Balaban J connectivity index is 1.55. The Morgan fingerprint density at radius 3 is 2.63 bits per heavy atom. The second kappa shape index (κ2) is 10.7. The van der Waals surface area contributed by atoms with Crippen molar-refractivity contribution in [2.75, 3.05) is 18.2 Å². The predicted molar refractivity (Wildman–Crippen MR) is 137 cm³/mol. The number of nitrogens with zero attached hydrogens (tertiary/aromatic N) is 3. The molecule has 3 aromatic carbocycles. The number of anilines is 1. The first-order valence-electron chi connectivity index (χ1n) is 11.5. The van der Waals surface area contributed by atoms with E-state index in [1.807, 2.05) is 72.8 Å². The highest BCUT2D eigenvalue weighted by atomic mass is 32.2. The Kier molecular flexibility index (Phi) is 6.99. The summed E-state index contributed by atoms with van der Waals surface area (Å²) in [4.78, 5) is 4.71. The van der Waals surface area contributed by atoms with E-state index in [4.69, 9.17) is 19.2 Å². The monoisotopic (exact) mass is 486 g/mol. The summed E-state index contributed by atoms with van der Waals surface area (Å²) in [5.74, 6) is 2.57. The molecule has 0 bridgehead atoms. The molecule has 0 saturated heterocycles. The van der Waals surface area contributed by atoms with Gasteiger partial charge in [-0.15, -0.1) is 10.2 Å². The van der Waals surface area contributed by atoms with Crippen molar-refractivity contribution in [3.8, 4) is 28.6 Å². The molecule has 0 amide bonds. The summed E-state index contributed by atoms with van der Waals surface area (Å²) < 4.78 is 18.4. The molecule has 1 unspecified atom stereocenters. The number of hydrogen-bond acceptors (Lipinski definition) is 8. The zero-order valence-electron chi connectivity index (χ0n) is 19.6. The lowest BCUT2D eigenvalue weighted by Gasteiger charge is -2.23. The van der Waals surface area contributed by atoms with Gasteiger partial charge >= 0.3 is 0 Å². The number of rotatable bonds is 8. The van der Waals surface area contributed by atoms with Crippen LogP contribution in [0.4, 0.5) is 5.69 Å². The number of aromatic nitrogens is 3. The first kappa shape index (κ1) is 23.0. The molecule has 0 spiro atoms. The third-order valence-corrected chi connectivity index (χ3v) is 6.55. The molecular formula is C27H26N4O3S. The van der Waals surface area contributed by atoms with Crippen molar-refractivity contribution >= 4 is 17.4 Å². The Bertz CT molecular complexity index is 1300. The van der Waals surface area contributed by atoms with Gasteiger partial charge in [0.05, 0.1) is 12.7 Å². The van der Waals surface area contributed by atoms with Crippen LogP contribution in [0.5, 0.6) is 17.4 Å². The Morgan fingerprint density at radius 1 is 0.971 bits per heavy atom. The third-order valence-electron chi connectivity index (χ3n) is 5.51. The van der Waals surface area contributed by atoms with Crippen LogP contribution in [0.2, 0.25) is 0 Å². The fourth-order valence-corrected chi connectivity index (χ4v) is 4.46. The minimum absolute atomic E-state index is 0.398. The van der Waals surface area contributed by atoms with Crippen molar-refractivity contribution in [3.63, 3.8) is 0 Å². The lowest BCUT2D eigenvalue weighted by molar-refractivity contribution is 0.211. The summed E-state index contributed by atoms with van der Waals surface area (Å²) in [6.45, 7) is 2.52. The van der Waals surface area contributed by atoms with E-state index < -0.39 is 6.23 Å². The lowest BCUT2D eigenvalue weighted by Crippen LogP contribution is -2.18. The number of hydrogen-bond donors (Lipinski definition) is 1. The molecule has 2 heterocycles. The lowest BCUT2D eigenvalue weighted by atomic mass is 10.1. The molecule has 4 aromatic rings. The van der Waals surface area contributed by atoms with E-state index in [-0.39, 0.29) is 0 Å². The third kappa shape index (κ3) is 5.02. The second-order valence-corrected chi connectivity index (χ2v) is 9.00. The summed E-state index contributed by atoms with van der Waals surface area (Å²) in [5, 5.41) is 12.9. The summed E-state index contributed by atoms with van der Waals surface area (Å²) in [5.41, 5.74) is 4.21. The molecular weight excluding hydrogens is 460 g/mol. The summed E-state index contributed by atoms with van der Waals surface area (Å²) in [7, 11) is 1.63. The molecule has 1 N–H and O–H groups in total. The molecule has 5 rings (SSSR count). The minimum Gasteiger partial charge on any atom is -0.493 e. The highest BCUT2D eigenvalue weighted by molar-refractivity contribution is 7.99. The fourth-order valence-electron chi connectivity index (χ4n) is 3.83. The van der Waals surface area contributed by atoms with Crippen LogP contribution in [-0.4, -0.2) is 28.0 Å². The van der Waals surface area contributed by atoms with Crippen molar-refractivity contribution in [3.05, 3.63) is 83.9 Å². The van der Waals surface area contributed by atoms with Crippen LogP contribution in [-0.2, 0) is 6.61 Å². The van der Waals surface area contributed by atoms with Crippen LogP contribution < -0.4 is 19.5 Å². The van der Waals surface area contributed by atoms with Gasteiger partial charge in [0.25, 0.3) is 0 Å². The molecule has 0 radical (unpaired) electrons. The van der Waals surface area contributed by atoms with E-state index in [0.717, 1.165) is 34.6 Å². The van der Waals surface area contributed by atoms with Crippen molar-refractivity contribution in [2.24, 2.45) is 0 Å². The number of ether oxygens (including phenoxy) is 3. The smallest absolute Gasteiger partial charge is 0.247 e. The van der Waals surface area contributed by atoms with Crippen molar-refractivity contribution < 1.29 is 14.2 Å². The largest absolute Gasteiger partial charge is 0.493 e. The maximum atomic E-state index is 6.46. The number of fused-ring (bicyclic) bond motifs is 3. The van der Waals surface area contributed by atoms with Crippen LogP contribution in [0.1, 0.15) is 30.7 Å². The van der Waals surface area contributed by atoms with Gasteiger partial charge in [0.15, 0.2) is 17.2 Å². The van der Waals surface area contributed by atoms with Crippen molar-refractivity contribution in [1.29, 1.82) is 0 Å². The van der Waals surface area contributed by atoms with E-state index in [2.05, 4.69) is 22.4 Å². The first-order valence-corrected chi connectivity index (χ1v) is 12.5. The normalized spacial score (nSPS) is 14.1. The Hall–Kier alpha value is -3.78. The van der Waals surface area contributed by atoms with Gasteiger partial charge in [-0.25, -0.2) is 0 Å². The van der Waals surface area contributed by atoms with Crippen LogP contribution in [0, 0.1) is 0 Å². The average Bonchev–Trinajstić information content (AvgIpc) is 3.07. The van der Waals surface area contributed by atoms with Crippen molar-refractivity contribution in [1.82, 2.24) is 15.2 Å². The average molecular weight is 487 g/mol. The first-order chi connectivity index (χ1) is 17.3. The van der Waals surface area contributed by atoms with Crippen molar-refractivity contribution in [2.45, 2.75) is 31.3 Å². The summed E-state index contributed by atoms with van der Waals surface area (Å²) >= 11 is 1.56. The number of thioether (sulfide) groups is 1. The van der Waals surface area contributed by atoms with E-state index >= 15 is 0 Å². The standard InChI is InChI=1S/C27H26N4O3S/c1-3-16-35-27-29-26-23(30-31-27)19-12-7-8-14-21(19)28-25(34-26)20-13-9-15-22(32-2)24(20)33-17-18-10-5-4-6-11-18/h4-15,25,28H,3,16-17H2,1-2H3. The summed E-state index contributed by atoms with van der Waals surface area (Å²) in [6, 6.07) is 23.7. The van der Waals surface area contributed by atoms with Gasteiger partial charge in [0, 0.05) is 17.0 Å². The van der Waals surface area contributed by atoms with Crippen LogP contribution in [0.3, 0.4) is 0 Å². The molecule has 178 valence electrons. The molecule has 0 saturated carbocycles. The summed E-state index contributed by atoms with van der Waals surface area (Å²) in [6.07, 6.45) is 0.434. The quantitative estimate of drug-likeness (QED) is 0.298. The van der Waals surface area contributed by atoms with E-state index in [0.29, 0.717) is 34.8 Å². The maximum Gasteiger partial charge on any atom is 0.247 e. The minimum atomic E-state index is -0.584. The van der Waals surface area contributed by atoms with Gasteiger partial charge in [0.1, 0.15) is 6.61 Å². The van der Waals surface area contributed by atoms with Gasteiger partial charge in [-0.3, -0.25) is 0 Å². The van der Waals surface area contributed by atoms with Crippen LogP contribution in [0.25, 0.3) is 11.3 Å². The van der Waals surface area contributed by atoms with E-state index in [9.17, 15) is 0 Å². The molecule has 1 aliphatic heterocycles. The van der Waals surface area contributed by atoms with Gasteiger partial charge in [-0.05, 0) is 30.2 Å². The Morgan fingerprint density at radius 2 is 1.80 bits per heavy atom. The van der Waals surface area contributed by atoms with E-state index in [1.54, 1.807) is 18.9 Å². The fraction of sp³-hybridized carbons (Fsp3) is 0.222. The van der Waals surface area contributed by atoms with Gasteiger partial charge in [-0.2, -0.15) is 4.98 Å². The number of nitrogens with one attached hydrogen (secondary N) is 1. The highest BCUT2D eigenvalue weighted by Crippen LogP contribution is 2.43. The van der Waals surface area contributed by atoms with Gasteiger partial charge in [0.2, 0.25) is 17.3 Å². The van der Waals surface area contributed by atoms with Crippen LogP contribution in [0.15, 0.2) is 78.0 Å². The molecule has 1 aliphatic rings. The molecule has 35 heavy (non-hydrogen) atoms. The zero-order valence-corrected chi connectivity index (χ0v) is 20.4. The van der Waals surface area contributed by atoms with Gasteiger partial charge < -0.3 is 19.5 Å².